The van der Waals surface area contributed by atoms with Gasteiger partial charge in [0, 0.05) is 50.1 Å². The molecule has 0 aliphatic rings. The van der Waals surface area contributed by atoms with Gasteiger partial charge in [0.15, 0.2) is 17.5 Å². The molecular formula is C134H90N6. The van der Waals surface area contributed by atoms with Gasteiger partial charge in [0.05, 0.1) is 34.2 Å². The molecule has 0 aliphatic heterocycles. The summed E-state index contributed by atoms with van der Waals surface area (Å²) in [5.41, 5.74) is 33.8. The average Bonchev–Trinajstić information content (AvgIpc) is 0.776. The lowest BCUT2D eigenvalue weighted by Crippen LogP contribution is -1.96. The molecule has 0 radical (unpaired) electrons. The lowest BCUT2D eigenvalue weighted by molar-refractivity contribution is 1.18. The molecule has 0 N–H and O–H groups in total. The zero-order valence-electron chi connectivity index (χ0n) is 76.6. The fourth-order valence-corrected chi connectivity index (χ4v) is 19.0. The summed E-state index contributed by atoms with van der Waals surface area (Å²) in [6.07, 6.45) is 0. The molecule has 0 aliphatic carbocycles. The molecule has 6 nitrogen and oxygen atoms in total. The van der Waals surface area contributed by atoms with Gasteiger partial charge in [0.25, 0.3) is 0 Å². The van der Waals surface area contributed by atoms with Gasteiger partial charge in [0.2, 0.25) is 0 Å². The van der Waals surface area contributed by atoms with Crippen molar-refractivity contribution in [1.82, 2.24) is 29.9 Å². The average molecular weight is 1780 g/mol. The molecule has 0 saturated carbocycles. The van der Waals surface area contributed by atoms with Gasteiger partial charge >= 0.3 is 0 Å². The molecule has 0 saturated heterocycles. The van der Waals surface area contributed by atoms with Gasteiger partial charge in [-0.2, -0.15) is 0 Å². The molecule has 0 spiro atoms. The van der Waals surface area contributed by atoms with Crippen LogP contribution in [0.5, 0.6) is 0 Å². The molecule has 3 aromatic heterocycles. The van der Waals surface area contributed by atoms with Crippen molar-refractivity contribution in [2.24, 2.45) is 0 Å². The fraction of sp³-hybridized carbons (Fsp3) is 0. The highest BCUT2D eigenvalue weighted by Crippen LogP contribution is 2.42. The van der Waals surface area contributed by atoms with Crippen molar-refractivity contribution in [3.05, 3.63) is 546 Å². The van der Waals surface area contributed by atoms with Crippen molar-refractivity contribution in [2.45, 2.75) is 0 Å². The molecule has 0 fully saturated rings. The van der Waals surface area contributed by atoms with Crippen molar-refractivity contribution >= 4 is 53.9 Å². The molecule has 25 rings (SSSR count). The molecule has 656 valence electrons. The Morgan fingerprint density at radius 2 is 0.243 bits per heavy atom. The standard InChI is InChI=1S/C48H32N2.C44H30N2.C42H28N2/c1-2-10-33(11-3-1)34-20-30-41(31-21-34)48-49-46(39-26-22-37(23-27-39)44-18-8-14-35-12-4-6-16-42(35)44)32-47(50-48)40-28-24-38(25-29-40)45-19-9-15-36-13-5-7-17-43(36)45;1-3-10-31(11-4-1)33-18-24-37(25-19-33)42-30-43(46-44(45-42)39-28-20-34(21-29-39)32-12-5-2-6-13-32)38-26-22-36(23-27-38)41-17-9-15-35-14-7-8-16-40(35)41;1-2-10-29(11-3-1)30-20-26-35(27-21-30)42-43-40(28-41(44-42)39-19-9-15-32-13-5-7-17-38(32)39)34-24-22-33(23-25-34)37-18-8-14-31-12-4-6-16-36(31)37/h1-32H;1-30H;1-28H. The topological polar surface area (TPSA) is 77.3 Å². The summed E-state index contributed by atoms with van der Waals surface area (Å²) in [5, 5.41) is 12.3. The number of benzene rings is 22. The van der Waals surface area contributed by atoms with Crippen LogP contribution in [-0.2, 0) is 0 Å². The predicted octanol–water partition coefficient (Wildman–Crippen LogP) is 35.5. The second kappa shape index (κ2) is 39.1. The normalized spacial score (nSPS) is 11.1. The number of fused-ring (bicyclic) bond motifs is 5. The number of hydrogen-bond acceptors (Lipinski definition) is 6. The van der Waals surface area contributed by atoms with E-state index in [4.69, 9.17) is 29.9 Å². The smallest absolute Gasteiger partial charge is 0.160 e. The van der Waals surface area contributed by atoms with Crippen molar-refractivity contribution < 1.29 is 0 Å². The van der Waals surface area contributed by atoms with Crippen molar-refractivity contribution in [3.8, 4) is 191 Å². The SMILES string of the molecule is c1ccc(-c2ccc(-c3cc(-c4ccc(-c5cccc6ccccc56)cc4)nc(-c4ccc(-c5ccccc5)cc4)n3)cc2)cc1.c1ccc(-c2ccc(-c3nc(-c4ccc(-c5cccc6ccccc56)cc4)cc(-c4ccc(-c5cccc6ccccc56)cc4)n3)cc2)cc1.c1ccc(-c2ccc(-c3nc(-c4ccc(-c5cccc6ccccc56)cc4)cc(-c4cccc5ccccc45)n3)cc2)cc1. The van der Waals surface area contributed by atoms with E-state index in [0.717, 1.165) is 84.2 Å². The molecule has 0 unspecified atom stereocenters. The maximum Gasteiger partial charge on any atom is 0.160 e. The van der Waals surface area contributed by atoms with Gasteiger partial charge in [-0.05, 0) is 161 Å². The van der Waals surface area contributed by atoms with Crippen LogP contribution in [-0.4, -0.2) is 29.9 Å². The Bertz CT molecular complexity index is 8480. The van der Waals surface area contributed by atoms with Crippen molar-refractivity contribution in [2.75, 3.05) is 0 Å². The summed E-state index contributed by atoms with van der Waals surface area (Å²) in [6.45, 7) is 0. The molecule has 22 aromatic carbocycles. The van der Waals surface area contributed by atoms with Crippen molar-refractivity contribution in [3.63, 3.8) is 0 Å². The minimum absolute atomic E-state index is 0.702. The molecule has 3 heterocycles. The Kier molecular flexibility index (Phi) is 23.9. The van der Waals surface area contributed by atoms with Crippen LogP contribution >= 0.6 is 0 Å². The van der Waals surface area contributed by atoms with Crippen LogP contribution in [0.1, 0.15) is 0 Å². The van der Waals surface area contributed by atoms with Crippen LogP contribution < -0.4 is 0 Å². The van der Waals surface area contributed by atoms with E-state index < -0.39 is 0 Å². The van der Waals surface area contributed by atoms with Crippen LogP contribution in [0.25, 0.3) is 245 Å². The number of aromatic nitrogens is 6. The minimum atomic E-state index is 0.702. The van der Waals surface area contributed by atoms with E-state index in [0.29, 0.717) is 17.5 Å². The fourth-order valence-electron chi connectivity index (χ4n) is 19.0. The quantitative estimate of drug-likeness (QED) is 0.0904. The largest absolute Gasteiger partial charge is 0.228 e. The zero-order chi connectivity index (χ0) is 93.3. The Morgan fingerprint density at radius 1 is 0.0929 bits per heavy atom. The van der Waals surface area contributed by atoms with Crippen LogP contribution in [0.4, 0.5) is 0 Å². The third-order valence-electron chi connectivity index (χ3n) is 26.4. The number of nitrogens with zero attached hydrogens (tertiary/aromatic N) is 6. The molecule has 25 aromatic rings. The lowest BCUT2D eigenvalue weighted by Gasteiger charge is -2.12. The first kappa shape index (κ1) is 85.6. The summed E-state index contributed by atoms with van der Waals surface area (Å²) in [7, 11) is 0. The lowest BCUT2D eigenvalue weighted by atomic mass is 9.96. The summed E-state index contributed by atoms with van der Waals surface area (Å²) < 4.78 is 0. The van der Waals surface area contributed by atoms with Gasteiger partial charge in [0.1, 0.15) is 0 Å². The summed E-state index contributed by atoms with van der Waals surface area (Å²) in [6, 6.07) is 192. The summed E-state index contributed by atoms with van der Waals surface area (Å²) >= 11 is 0. The maximum atomic E-state index is 5.14. The third-order valence-corrected chi connectivity index (χ3v) is 26.4. The van der Waals surface area contributed by atoms with Gasteiger partial charge in [-0.15, -0.1) is 0 Å². The Labute approximate surface area is 814 Å². The molecule has 6 heteroatoms. The first-order valence-electron chi connectivity index (χ1n) is 47.5. The van der Waals surface area contributed by atoms with E-state index in [1.807, 2.05) is 24.3 Å². The van der Waals surface area contributed by atoms with Gasteiger partial charge in [-0.25, -0.2) is 29.9 Å². The second-order valence-corrected chi connectivity index (χ2v) is 35.1. The summed E-state index contributed by atoms with van der Waals surface area (Å²) in [4.78, 5) is 30.7. The Balaban J connectivity index is 0.000000117. The van der Waals surface area contributed by atoms with Gasteiger partial charge in [-0.3, -0.25) is 0 Å². The Hall–Kier alpha value is -18.6. The zero-order valence-corrected chi connectivity index (χ0v) is 76.6. The molecular weight excluding hydrogens is 1690 g/mol. The van der Waals surface area contributed by atoms with Gasteiger partial charge < -0.3 is 0 Å². The highest BCUT2D eigenvalue weighted by atomic mass is 14.9. The summed E-state index contributed by atoms with van der Waals surface area (Å²) in [5.74, 6) is 2.12. The van der Waals surface area contributed by atoms with Crippen LogP contribution in [0.15, 0.2) is 546 Å². The van der Waals surface area contributed by atoms with Crippen molar-refractivity contribution in [1.29, 1.82) is 0 Å². The van der Waals surface area contributed by atoms with Gasteiger partial charge in [-0.1, -0.05) is 528 Å². The molecule has 0 bridgehead atoms. The monoisotopic (exact) mass is 1780 g/mol. The van der Waals surface area contributed by atoms with E-state index in [1.54, 1.807) is 0 Å². The molecule has 140 heavy (non-hydrogen) atoms. The Morgan fingerprint density at radius 3 is 0.471 bits per heavy atom. The van der Waals surface area contributed by atoms with E-state index in [1.165, 1.54) is 143 Å². The molecule has 0 atom stereocenters. The molecule has 0 amide bonds. The highest BCUT2D eigenvalue weighted by Gasteiger charge is 2.20. The first-order valence-corrected chi connectivity index (χ1v) is 47.5. The third kappa shape index (κ3) is 18.3. The van der Waals surface area contributed by atoms with E-state index in [2.05, 4.69) is 522 Å². The maximum absolute atomic E-state index is 5.14. The minimum Gasteiger partial charge on any atom is -0.228 e. The van der Waals surface area contributed by atoms with E-state index in [-0.39, 0.29) is 0 Å². The predicted molar refractivity (Wildman–Crippen MR) is 586 cm³/mol. The van der Waals surface area contributed by atoms with E-state index >= 15 is 0 Å². The van der Waals surface area contributed by atoms with E-state index in [9.17, 15) is 0 Å². The highest BCUT2D eigenvalue weighted by molar-refractivity contribution is 6.02. The first-order chi connectivity index (χ1) is 69.3. The number of rotatable bonds is 17. The van der Waals surface area contributed by atoms with Crippen LogP contribution in [0, 0.1) is 0 Å². The van der Waals surface area contributed by atoms with Crippen LogP contribution in [0.2, 0.25) is 0 Å². The second-order valence-electron chi connectivity index (χ2n) is 35.1. The number of hydrogen-bond donors (Lipinski definition) is 0. The van der Waals surface area contributed by atoms with Crippen LogP contribution in [0.3, 0.4) is 0 Å².